The molecule has 0 fully saturated rings. The lowest BCUT2D eigenvalue weighted by atomic mass is 10.1. The third-order valence-electron chi connectivity index (χ3n) is 3.28. The molecule has 0 aliphatic heterocycles. The van der Waals surface area contributed by atoms with Gasteiger partial charge in [-0.2, -0.15) is 0 Å². The first-order valence-corrected chi connectivity index (χ1v) is 10.0. The molecule has 0 radical (unpaired) electrons. The fourth-order valence-corrected chi connectivity index (χ4v) is 1.92. The van der Waals surface area contributed by atoms with E-state index >= 15 is 0 Å². The second-order valence-electron chi connectivity index (χ2n) is 6.32. The van der Waals surface area contributed by atoms with Crippen LogP contribution in [0.25, 0.3) is 0 Å². The fourth-order valence-electron chi connectivity index (χ4n) is 1.92. The Hall–Kier alpha value is -2.49. The molecule has 0 saturated carbocycles. The summed E-state index contributed by atoms with van der Waals surface area (Å²) in [6, 6.07) is 7.27. The number of rotatable bonds is 9. The van der Waals surface area contributed by atoms with Crippen LogP contribution in [0.1, 0.15) is 58.6 Å². The van der Waals surface area contributed by atoms with Gasteiger partial charge in [-0.1, -0.05) is 32.4 Å². The molecular weight excluding hydrogens is 386 g/mol. The summed E-state index contributed by atoms with van der Waals surface area (Å²) < 4.78 is 0. The van der Waals surface area contributed by atoms with Crippen molar-refractivity contribution in [2.45, 2.75) is 59.1 Å². The van der Waals surface area contributed by atoms with E-state index in [4.69, 9.17) is 15.6 Å². The summed E-state index contributed by atoms with van der Waals surface area (Å²) in [5, 5.41) is 17.5. The highest BCUT2D eigenvalue weighted by molar-refractivity contribution is 5.77. The Morgan fingerprint density at radius 2 is 1.67 bits per heavy atom. The van der Waals surface area contributed by atoms with E-state index in [1.807, 2.05) is 14.0 Å². The lowest BCUT2D eigenvalue weighted by Gasteiger charge is -2.12. The van der Waals surface area contributed by atoms with E-state index in [0.29, 0.717) is 6.41 Å². The number of hydrogen-bond donors (Lipinski definition) is 6. The van der Waals surface area contributed by atoms with Gasteiger partial charge in [-0.3, -0.25) is 14.4 Å². The van der Waals surface area contributed by atoms with Crippen molar-refractivity contribution in [2.24, 2.45) is 11.5 Å². The molecule has 174 valence electrons. The largest absolute Gasteiger partial charge is 0.389 e. The van der Waals surface area contributed by atoms with Crippen LogP contribution in [0.3, 0.4) is 0 Å². The highest BCUT2D eigenvalue weighted by Gasteiger charge is 2.03. The maximum atomic E-state index is 10.8. The molecule has 0 bridgehead atoms. The van der Waals surface area contributed by atoms with Crippen LogP contribution in [0.4, 0.5) is 5.69 Å². The first kappa shape index (κ1) is 32.2. The van der Waals surface area contributed by atoms with E-state index in [-0.39, 0.29) is 24.9 Å². The molecule has 1 aromatic rings. The number of benzene rings is 1. The SMILES string of the molecule is CC(O)c1ccc(NC=O)cc1.CCC.CNCCC[C@@H](C)NC(=O)CN.NC=O. The highest BCUT2D eigenvalue weighted by Crippen LogP contribution is 2.14. The van der Waals surface area contributed by atoms with Crippen LogP contribution < -0.4 is 27.4 Å². The van der Waals surface area contributed by atoms with Gasteiger partial charge in [-0.05, 0) is 58.0 Å². The third kappa shape index (κ3) is 23.5. The van der Waals surface area contributed by atoms with E-state index in [9.17, 15) is 9.59 Å². The lowest BCUT2D eigenvalue weighted by molar-refractivity contribution is -0.120. The number of nitrogens with two attached hydrogens (primary N) is 2. The van der Waals surface area contributed by atoms with E-state index < -0.39 is 6.10 Å². The zero-order valence-electron chi connectivity index (χ0n) is 19.0. The van der Waals surface area contributed by atoms with Crippen molar-refractivity contribution in [3.63, 3.8) is 0 Å². The number of amides is 3. The van der Waals surface area contributed by atoms with Gasteiger partial charge in [0.15, 0.2) is 0 Å². The normalized spacial score (nSPS) is 10.9. The van der Waals surface area contributed by atoms with Crippen LogP contribution in [-0.2, 0) is 14.4 Å². The first-order valence-electron chi connectivity index (χ1n) is 10.0. The Kier molecular flexibility index (Phi) is 26.3. The molecule has 1 unspecified atom stereocenters. The molecule has 9 nitrogen and oxygen atoms in total. The van der Waals surface area contributed by atoms with Crippen molar-refractivity contribution >= 4 is 24.4 Å². The van der Waals surface area contributed by atoms with Crippen LogP contribution in [-0.4, -0.2) is 50.0 Å². The monoisotopic (exact) mass is 427 g/mol. The molecule has 0 aliphatic carbocycles. The second kappa shape index (κ2) is 24.5. The number of anilines is 1. The van der Waals surface area contributed by atoms with Gasteiger partial charge in [0.2, 0.25) is 18.7 Å². The molecule has 0 spiro atoms. The topological polar surface area (TPSA) is 160 Å². The van der Waals surface area contributed by atoms with Gasteiger partial charge in [-0.25, -0.2) is 0 Å². The standard InChI is InChI=1S/C9H11NO2.C8H19N3O.C3H8.CH3NO/c1-7(12)8-2-4-9(5-3-8)10-6-11;1-7(4-3-5-10-2)11-8(12)6-9;1-3-2;2-1-3/h2-7,12H,1H3,(H,10,11);7,10H,3-6,9H2,1-2H3,(H,11,12);3H2,1-2H3;1H,(H2,2,3)/t;7-;;/m.1../s1. The van der Waals surface area contributed by atoms with Gasteiger partial charge in [0, 0.05) is 11.7 Å². The molecule has 1 rings (SSSR count). The van der Waals surface area contributed by atoms with Crippen LogP contribution in [0, 0.1) is 0 Å². The molecule has 1 aromatic carbocycles. The summed E-state index contributed by atoms with van der Waals surface area (Å²) in [5.41, 5.74) is 10.9. The maximum Gasteiger partial charge on any atom is 0.233 e. The minimum Gasteiger partial charge on any atom is -0.389 e. The smallest absolute Gasteiger partial charge is 0.233 e. The third-order valence-corrected chi connectivity index (χ3v) is 3.28. The van der Waals surface area contributed by atoms with Gasteiger partial charge < -0.3 is 32.5 Å². The van der Waals surface area contributed by atoms with E-state index in [1.54, 1.807) is 31.2 Å². The minimum atomic E-state index is -0.463. The molecule has 0 aliphatic rings. The second-order valence-corrected chi connectivity index (χ2v) is 6.32. The van der Waals surface area contributed by atoms with Gasteiger partial charge in [0.1, 0.15) is 0 Å². The Morgan fingerprint density at radius 3 is 2.03 bits per heavy atom. The Balaban J connectivity index is -0.000000385. The van der Waals surface area contributed by atoms with E-state index in [2.05, 4.69) is 35.5 Å². The number of aliphatic hydroxyl groups excluding tert-OH is 1. The predicted octanol–water partition coefficient (Wildman–Crippen LogP) is 1.28. The summed E-state index contributed by atoms with van der Waals surface area (Å²) in [5.74, 6) is -0.0769. The van der Waals surface area contributed by atoms with Crippen LogP contribution in [0.2, 0.25) is 0 Å². The summed E-state index contributed by atoms with van der Waals surface area (Å²) in [7, 11) is 1.92. The van der Waals surface area contributed by atoms with Crippen LogP contribution in [0.15, 0.2) is 24.3 Å². The molecule has 0 heterocycles. The average molecular weight is 428 g/mol. The highest BCUT2D eigenvalue weighted by atomic mass is 16.3. The van der Waals surface area contributed by atoms with Crippen molar-refractivity contribution in [2.75, 3.05) is 25.5 Å². The molecule has 0 saturated heterocycles. The van der Waals surface area contributed by atoms with Crippen LogP contribution >= 0.6 is 0 Å². The Bertz CT molecular complexity index is 525. The zero-order valence-corrected chi connectivity index (χ0v) is 19.0. The molecule has 0 aromatic heterocycles. The van der Waals surface area contributed by atoms with Crippen LogP contribution in [0.5, 0.6) is 0 Å². The molecule has 30 heavy (non-hydrogen) atoms. The van der Waals surface area contributed by atoms with Crippen molar-refractivity contribution in [1.82, 2.24) is 10.6 Å². The molecular formula is C21H41N5O4. The number of carbonyl (C=O) groups is 3. The molecule has 2 atom stereocenters. The summed E-state index contributed by atoms with van der Waals surface area (Å²) in [6.45, 7) is 9.00. The predicted molar refractivity (Wildman–Crippen MR) is 123 cm³/mol. The number of aliphatic hydroxyl groups is 1. The lowest BCUT2D eigenvalue weighted by Crippen LogP contribution is -2.37. The van der Waals surface area contributed by atoms with E-state index in [0.717, 1.165) is 30.6 Å². The Labute approximate surface area is 181 Å². The van der Waals surface area contributed by atoms with Crippen molar-refractivity contribution in [3.05, 3.63) is 29.8 Å². The summed E-state index contributed by atoms with van der Waals surface area (Å²) in [4.78, 5) is 29.4. The maximum absolute atomic E-state index is 10.8. The number of carbonyl (C=O) groups excluding carboxylic acids is 3. The van der Waals surface area contributed by atoms with Gasteiger partial charge in [0.05, 0.1) is 12.6 Å². The Morgan fingerprint density at radius 1 is 1.17 bits per heavy atom. The molecule has 3 amide bonds. The van der Waals surface area contributed by atoms with E-state index in [1.165, 1.54) is 6.42 Å². The van der Waals surface area contributed by atoms with Gasteiger partial charge in [0.25, 0.3) is 0 Å². The zero-order chi connectivity index (χ0) is 23.8. The fraction of sp³-hybridized carbons (Fsp3) is 0.571. The minimum absolute atomic E-state index is 0.0769. The van der Waals surface area contributed by atoms with Crippen molar-refractivity contribution in [3.8, 4) is 0 Å². The van der Waals surface area contributed by atoms with Crippen molar-refractivity contribution in [1.29, 1.82) is 0 Å². The van der Waals surface area contributed by atoms with Gasteiger partial charge in [-0.15, -0.1) is 0 Å². The number of nitrogens with one attached hydrogen (secondary N) is 3. The quantitative estimate of drug-likeness (QED) is 0.257. The number of primary amides is 1. The van der Waals surface area contributed by atoms with Crippen molar-refractivity contribution < 1.29 is 19.5 Å². The average Bonchev–Trinajstić information content (AvgIpc) is 2.70. The molecule has 8 N–H and O–H groups in total. The molecule has 9 heteroatoms. The first-order chi connectivity index (χ1) is 14.3. The van der Waals surface area contributed by atoms with Gasteiger partial charge >= 0.3 is 0 Å². The number of hydrogen-bond acceptors (Lipinski definition) is 6. The summed E-state index contributed by atoms with van der Waals surface area (Å²) in [6.07, 6.45) is 3.72. The summed E-state index contributed by atoms with van der Waals surface area (Å²) >= 11 is 0.